The molecule has 2 aromatic rings. The molecule has 0 atom stereocenters. The first-order valence-corrected chi connectivity index (χ1v) is 11.0. The van der Waals surface area contributed by atoms with Crippen LogP contribution in [0.3, 0.4) is 0 Å². The number of aromatic nitrogens is 2. The summed E-state index contributed by atoms with van der Waals surface area (Å²) in [6, 6.07) is 6.32. The van der Waals surface area contributed by atoms with Crippen LogP contribution in [0, 0.1) is 5.92 Å². The molecule has 1 fully saturated rings. The van der Waals surface area contributed by atoms with Crippen molar-refractivity contribution < 1.29 is 13.2 Å². The molecular formula is C19H24BrF3N4S. The molecule has 0 unspecified atom stereocenters. The van der Waals surface area contributed by atoms with Crippen LogP contribution in [0.25, 0.3) is 0 Å². The van der Waals surface area contributed by atoms with Gasteiger partial charge in [-0.25, -0.2) is 0 Å². The van der Waals surface area contributed by atoms with E-state index in [1.54, 1.807) is 0 Å². The molecule has 28 heavy (non-hydrogen) atoms. The fraction of sp³-hybridized carbons (Fsp3) is 0.579. The minimum absolute atomic E-state index is 0.139. The zero-order chi connectivity index (χ0) is 20.3. The smallest absolute Gasteiger partial charge is 0.367 e. The van der Waals surface area contributed by atoms with Crippen LogP contribution < -0.4 is 10.2 Å². The summed E-state index contributed by atoms with van der Waals surface area (Å²) in [7, 11) is 0. The third kappa shape index (κ3) is 5.37. The number of hydrogen-bond acceptors (Lipinski definition) is 5. The number of benzene rings is 1. The van der Waals surface area contributed by atoms with E-state index in [9.17, 15) is 13.2 Å². The number of rotatable bonds is 6. The second-order valence-corrected chi connectivity index (χ2v) is 9.21. The molecule has 0 aliphatic heterocycles. The molecule has 154 valence electrons. The van der Waals surface area contributed by atoms with Gasteiger partial charge in [-0.3, -0.25) is 0 Å². The summed E-state index contributed by atoms with van der Waals surface area (Å²) < 4.78 is 42.8. The van der Waals surface area contributed by atoms with Gasteiger partial charge in [-0.1, -0.05) is 49.0 Å². The summed E-state index contributed by atoms with van der Waals surface area (Å²) >= 11 is 4.19. The highest BCUT2D eigenvalue weighted by atomic mass is 79.9. The van der Waals surface area contributed by atoms with E-state index in [4.69, 9.17) is 0 Å². The third-order valence-electron chi connectivity index (χ3n) is 4.77. The van der Waals surface area contributed by atoms with Gasteiger partial charge in [-0.15, -0.1) is 0 Å². The van der Waals surface area contributed by atoms with Gasteiger partial charge < -0.3 is 10.2 Å². The van der Waals surface area contributed by atoms with E-state index in [0.29, 0.717) is 12.0 Å². The number of halogens is 4. The Morgan fingerprint density at radius 1 is 1.25 bits per heavy atom. The van der Waals surface area contributed by atoms with Crippen LogP contribution in [0.15, 0.2) is 22.7 Å². The maximum Gasteiger partial charge on any atom is 0.452 e. The average molecular weight is 477 g/mol. The topological polar surface area (TPSA) is 41.0 Å². The summed E-state index contributed by atoms with van der Waals surface area (Å²) in [5.74, 6) is -0.639. The summed E-state index contributed by atoms with van der Waals surface area (Å²) in [5.41, 5.74) is 1.73. The van der Waals surface area contributed by atoms with Crippen LogP contribution in [0.1, 0.15) is 51.8 Å². The zero-order valence-corrected chi connectivity index (χ0v) is 18.3. The molecule has 9 heteroatoms. The molecule has 0 saturated heterocycles. The van der Waals surface area contributed by atoms with Crippen molar-refractivity contribution in [2.45, 2.75) is 58.2 Å². The summed E-state index contributed by atoms with van der Waals surface area (Å²) in [4.78, 5) is 6.02. The lowest BCUT2D eigenvalue weighted by Crippen LogP contribution is -2.39. The van der Waals surface area contributed by atoms with Crippen molar-refractivity contribution in [3.63, 3.8) is 0 Å². The van der Waals surface area contributed by atoms with E-state index in [0.717, 1.165) is 46.8 Å². The van der Waals surface area contributed by atoms with Gasteiger partial charge in [0.25, 0.3) is 0 Å². The second-order valence-electron chi connectivity index (χ2n) is 7.55. The van der Waals surface area contributed by atoms with Gasteiger partial charge in [0, 0.05) is 28.6 Å². The first kappa shape index (κ1) is 21.4. The first-order chi connectivity index (χ1) is 13.2. The Hall–Kier alpha value is -1.35. The molecule has 1 aliphatic carbocycles. The minimum atomic E-state index is -4.54. The average Bonchev–Trinajstić information content (AvgIpc) is 3.10. The van der Waals surface area contributed by atoms with Crippen molar-refractivity contribution in [1.82, 2.24) is 9.36 Å². The molecule has 1 heterocycles. The van der Waals surface area contributed by atoms with Gasteiger partial charge in [0.15, 0.2) is 0 Å². The van der Waals surface area contributed by atoms with Crippen molar-refractivity contribution in [2.24, 2.45) is 5.92 Å². The molecule has 1 aromatic carbocycles. The van der Waals surface area contributed by atoms with Gasteiger partial charge in [0.1, 0.15) is 0 Å². The SMILES string of the molecule is CC(C)CN(c1ccc(Br)cc1Nc1nc(C(F)(F)F)ns1)C1CCCCC1. The summed E-state index contributed by atoms with van der Waals surface area (Å²) in [6.07, 6.45) is 1.43. The molecule has 0 amide bonds. The lowest BCUT2D eigenvalue weighted by molar-refractivity contribution is -0.144. The van der Waals surface area contributed by atoms with Crippen molar-refractivity contribution in [3.8, 4) is 0 Å². The minimum Gasteiger partial charge on any atom is -0.367 e. The van der Waals surface area contributed by atoms with E-state index >= 15 is 0 Å². The molecular weight excluding hydrogens is 453 g/mol. The lowest BCUT2D eigenvalue weighted by Gasteiger charge is -2.38. The van der Waals surface area contributed by atoms with Crippen LogP contribution in [0.2, 0.25) is 0 Å². The van der Waals surface area contributed by atoms with Crippen molar-refractivity contribution in [3.05, 3.63) is 28.5 Å². The molecule has 0 spiro atoms. The normalized spacial score (nSPS) is 15.8. The maximum absolute atomic E-state index is 12.8. The van der Waals surface area contributed by atoms with E-state index < -0.39 is 12.0 Å². The highest BCUT2D eigenvalue weighted by Crippen LogP contribution is 2.37. The van der Waals surface area contributed by atoms with E-state index in [-0.39, 0.29) is 5.13 Å². The lowest BCUT2D eigenvalue weighted by atomic mass is 9.93. The predicted octanol–water partition coefficient (Wildman–Crippen LogP) is 6.86. The van der Waals surface area contributed by atoms with E-state index in [1.807, 2.05) is 18.2 Å². The molecule has 1 saturated carbocycles. The molecule has 1 aliphatic rings. The number of nitrogens with one attached hydrogen (secondary N) is 1. The summed E-state index contributed by atoms with van der Waals surface area (Å²) in [5, 5.41) is 3.21. The predicted molar refractivity (Wildman–Crippen MR) is 111 cm³/mol. The number of alkyl halides is 3. The van der Waals surface area contributed by atoms with Crippen LogP contribution in [-0.2, 0) is 6.18 Å². The zero-order valence-electron chi connectivity index (χ0n) is 15.9. The Bertz CT molecular complexity index is 788. The highest BCUT2D eigenvalue weighted by Gasteiger charge is 2.36. The van der Waals surface area contributed by atoms with Crippen LogP contribution in [0.5, 0.6) is 0 Å². The van der Waals surface area contributed by atoms with Crippen LogP contribution in [0.4, 0.5) is 29.7 Å². The first-order valence-electron chi connectivity index (χ1n) is 9.48. The van der Waals surface area contributed by atoms with Crippen molar-refractivity contribution in [2.75, 3.05) is 16.8 Å². The van der Waals surface area contributed by atoms with Gasteiger partial charge in [-0.05, 0) is 37.0 Å². The van der Waals surface area contributed by atoms with Gasteiger partial charge in [0.2, 0.25) is 11.0 Å². The maximum atomic E-state index is 12.8. The largest absolute Gasteiger partial charge is 0.452 e. The molecule has 4 nitrogen and oxygen atoms in total. The van der Waals surface area contributed by atoms with Crippen LogP contribution in [-0.4, -0.2) is 21.9 Å². The number of hydrogen-bond donors (Lipinski definition) is 1. The molecule has 0 radical (unpaired) electrons. The number of anilines is 3. The van der Waals surface area contributed by atoms with Crippen molar-refractivity contribution in [1.29, 1.82) is 0 Å². The fourth-order valence-corrected chi connectivity index (χ4v) is 4.55. The third-order valence-corrected chi connectivity index (χ3v) is 5.89. The molecule has 3 rings (SSSR count). The Morgan fingerprint density at radius 3 is 2.57 bits per heavy atom. The Balaban J connectivity index is 1.92. The van der Waals surface area contributed by atoms with Gasteiger partial charge in [0.05, 0.1) is 11.4 Å². The fourth-order valence-electron chi connectivity index (χ4n) is 3.59. The quantitative estimate of drug-likeness (QED) is 0.494. The molecule has 0 bridgehead atoms. The molecule has 1 aromatic heterocycles. The Labute approximate surface area is 175 Å². The second kappa shape index (κ2) is 8.98. The van der Waals surface area contributed by atoms with E-state index in [1.165, 1.54) is 19.3 Å². The van der Waals surface area contributed by atoms with Gasteiger partial charge in [-0.2, -0.15) is 22.5 Å². The van der Waals surface area contributed by atoms with Crippen molar-refractivity contribution >= 4 is 44.0 Å². The number of nitrogens with zero attached hydrogens (tertiary/aromatic N) is 3. The summed E-state index contributed by atoms with van der Waals surface area (Å²) in [6.45, 7) is 5.26. The van der Waals surface area contributed by atoms with E-state index in [2.05, 4.69) is 49.4 Å². The monoisotopic (exact) mass is 476 g/mol. The van der Waals surface area contributed by atoms with Gasteiger partial charge >= 0.3 is 6.18 Å². The Kier molecular flexibility index (Phi) is 6.85. The standard InChI is InChI=1S/C19H24BrF3N4S/c1-12(2)11-27(14-6-4-3-5-7-14)16-9-8-13(20)10-15(16)24-18-25-17(26-28-18)19(21,22)23/h8-10,12,14H,3-7,11H2,1-2H3,(H,24,25,26). The Morgan fingerprint density at radius 2 is 1.96 bits per heavy atom. The highest BCUT2D eigenvalue weighted by molar-refractivity contribution is 9.10. The van der Waals surface area contributed by atoms with Crippen LogP contribution >= 0.6 is 27.5 Å². The molecule has 1 N–H and O–H groups in total.